The normalized spacial score (nSPS) is 15.8. The van der Waals surface area contributed by atoms with Crippen LogP contribution in [0, 0.1) is 56.8 Å². The van der Waals surface area contributed by atoms with Crippen molar-refractivity contribution < 1.29 is 27.2 Å². The van der Waals surface area contributed by atoms with Gasteiger partial charge in [0.15, 0.2) is 0 Å². The molecular formula is C50H50F4N10O2. The van der Waals surface area contributed by atoms with Crippen LogP contribution in [-0.4, -0.2) is 77.7 Å². The predicted molar refractivity (Wildman–Crippen MR) is 240 cm³/mol. The number of pyridine rings is 2. The maximum absolute atomic E-state index is 14.4. The second-order valence-corrected chi connectivity index (χ2v) is 15.9. The molecule has 66 heavy (non-hydrogen) atoms. The minimum Gasteiger partial charge on any atom is -0.338 e. The Kier molecular flexibility index (Phi) is 16.1. The number of halogens is 4. The van der Waals surface area contributed by atoms with E-state index in [1.807, 2.05) is 0 Å². The van der Waals surface area contributed by atoms with E-state index in [4.69, 9.17) is 0 Å². The average molecular weight is 899 g/mol. The lowest BCUT2D eigenvalue weighted by atomic mass is 9.68. The summed E-state index contributed by atoms with van der Waals surface area (Å²) in [5, 5.41) is 20.0. The van der Waals surface area contributed by atoms with Crippen LogP contribution in [0.3, 0.4) is 0 Å². The van der Waals surface area contributed by atoms with E-state index < -0.39 is 45.9 Å². The molecule has 8 rings (SSSR count). The van der Waals surface area contributed by atoms with Crippen molar-refractivity contribution in [3.8, 4) is 34.9 Å². The highest BCUT2D eigenvalue weighted by Crippen LogP contribution is 2.46. The van der Waals surface area contributed by atoms with Gasteiger partial charge in [0.05, 0.1) is 45.5 Å². The number of carbonyl (C=O) groups excluding carboxylic acids is 2. The highest BCUT2D eigenvalue weighted by molar-refractivity contribution is 6.00. The van der Waals surface area contributed by atoms with Gasteiger partial charge in [-0.1, -0.05) is 40.8 Å². The second kappa shape index (κ2) is 21.5. The molecule has 2 amide bonds. The molecule has 340 valence electrons. The van der Waals surface area contributed by atoms with Gasteiger partial charge in [0.2, 0.25) is 0 Å². The zero-order valence-corrected chi connectivity index (χ0v) is 35.0. The average Bonchev–Trinajstić information content (AvgIpc) is 3.34. The van der Waals surface area contributed by atoms with E-state index in [0.717, 1.165) is 12.1 Å². The summed E-state index contributed by atoms with van der Waals surface area (Å²) in [5.74, 6) is -3.90. The zero-order valence-electron chi connectivity index (χ0n) is 35.0. The monoisotopic (exact) mass is 898 g/mol. The van der Waals surface area contributed by atoms with Gasteiger partial charge < -0.3 is 9.80 Å². The molecule has 2 fully saturated rings. The van der Waals surface area contributed by atoms with Crippen molar-refractivity contribution in [3.05, 3.63) is 156 Å². The fourth-order valence-electron chi connectivity index (χ4n) is 8.57. The Balaban J connectivity index is 0.000000240. The summed E-state index contributed by atoms with van der Waals surface area (Å²) in [6.07, 6.45) is 10.7. The number of likely N-dealkylation sites (tertiary alicyclic amines) is 2. The predicted octanol–water partition coefficient (Wildman–Crippen LogP) is 10.0. The van der Waals surface area contributed by atoms with Gasteiger partial charge in [-0.15, -0.1) is 0 Å². The van der Waals surface area contributed by atoms with Gasteiger partial charge >= 0.3 is 0 Å². The zero-order chi connectivity index (χ0) is 45.4. The van der Waals surface area contributed by atoms with Gasteiger partial charge in [0, 0.05) is 74.9 Å². The number of amides is 2. The van der Waals surface area contributed by atoms with E-state index in [9.17, 15) is 37.7 Å². The molecule has 6 heterocycles. The van der Waals surface area contributed by atoms with Crippen LogP contribution in [0.25, 0.3) is 22.8 Å². The number of hydrogen-bond donors (Lipinski definition) is 0. The van der Waals surface area contributed by atoms with E-state index in [1.54, 1.807) is 84.8 Å². The molecule has 0 aliphatic carbocycles. The third-order valence-electron chi connectivity index (χ3n) is 12.6. The van der Waals surface area contributed by atoms with Crippen LogP contribution in [0.5, 0.6) is 0 Å². The number of benzene rings is 2. The largest absolute Gasteiger partial charge is 0.338 e. The summed E-state index contributed by atoms with van der Waals surface area (Å²) in [6.45, 7) is 4.95. The SMILES string of the molecule is C.C.C[C@@H](c1ccc(F)cc1F)C1(C#N)CCN(C(=O)c2cccnc2-c2ccncn2)CC1.C[C@H](c1ccc(F)cc1F)C1(C#N)CCN(C(=O)c2cccnc2-c2ccncn2)CC1. The Hall–Kier alpha value is -7.46. The first kappa shape index (κ1) is 49.6. The fraction of sp³-hybridized carbons (Fsp3) is 0.320. The van der Waals surface area contributed by atoms with Crippen molar-refractivity contribution in [1.82, 2.24) is 39.7 Å². The van der Waals surface area contributed by atoms with E-state index in [0.29, 0.717) is 96.9 Å². The minimum atomic E-state index is -0.847. The lowest BCUT2D eigenvalue weighted by molar-refractivity contribution is 0.0615. The molecular weight excluding hydrogens is 849 g/mol. The Bertz CT molecular complexity index is 2530. The van der Waals surface area contributed by atoms with Crippen LogP contribution in [0.2, 0.25) is 0 Å². The molecule has 2 aliphatic heterocycles. The van der Waals surface area contributed by atoms with Crippen molar-refractivity contribution >= 4 is 11.8 Å². The third-order valence-corrected chi connectivity index (χ3v) is 12.6. The molecule has 2 atom stereocenters. The summed E-state index contributed by atoms with van der Waals surface area (Å²) < 4.78 is 55.4. The van der Waals surface area contributed by atoms with E-state index in [1.165, 1.54) is 36.9 Å². The first-order valence-electron chi connectivity index (χ1n) is 20.6. The van der Waals surface area contributed by atoms with Gasteiger partial charge in [-0.25, -0.2) is 37.5 Å². The van der Waals surface area contributed by atoms with Gasteiger partial charge in [0.25, 0.3) is 11.8 Å². The third kappa shape index (κ3) is 10.2. The Morgan fingerprint density at radius 1 is 0.576 bits per heavy atom. The highest BCUT2D eigenvalue weighted by atomic mass is 19.1. The van der Waals surface area contributed by atoms with Gasteiger partial charge in [-0.3, -0.25) is 19.6 Å². The van der Waals surface area contributed by atoms with E-state index in [2.05, 4.69) is 42.0 Å². The maximum atomic E-state index is 14.4. The molecule has 4 aromatic heterocycles. The van der Waals surface area contributed by atoms with E-state index in [-0.39, 0.29) is 26.7 Å². The smallest absolute Gasteiger partial charge is 0.256 e. The van der Waals surface area contributed by atoms with Crippen molar-refractivity contribution in [1.29, 1.82) is 10.5 Å². The summed E-state index contributed by atoms with van der Waals surface area (Å²) >= 11 is 0. The minimum absolute atomic E-state index is 0. The Labute approximate surface area is 382 Å². The molecule has 2 aromatic carbocycles. The van der Waals surface area contributed by atoms with Crippen molar-refractivity contribution in [3.63, 3.8) is 0 Å². The number of piperidine rings is 2. The van der Waals surface area contributed by atoms with Crippen LogP contribution in [0.4, 0.5) is 17.6 Å². The molecule has 2 saturated heterocycles. The lowest BCUT2D eigenvalue weighted by Gasteiger charge is -2.41. The molecule has 6 aromatic rings. The Morgan fingerprint density at radius 2 is 0.955 bits per heavy atom. The summed E-state index contributed by atoms with van der Waals surface area (Å²) in [6, 6.07) is 21.8. The summed E-state index contributed by atoms with van der Waals surface area (Å²) in [4.78, 5) is 54.8. The topological polar surface area (TPSA) is 166 Å². The standard InChI is InChI=1S/2C24H21F2N5O.2CH4/c2*1-16(18-5-4-17(25)13-20(18)26)24(14-27)7-11-31(12-8-24)23(32)19-3-2-9-29-22(19)21-6-10-28-15-30-21;;/h2*2-6,9-10,13,15-16H,7-8,11-12H2,1H3;2*1H4/t2*16-;;/m10../s1. The van der Waals surface area contributed by atoms with Crippen LogP contribution < -0.4 is 0 Å². The van der Waals surface area contributed by atoms with Crippen LogP contribution in [0.15, 0.2) is 110 Å². The molecule has 0 spiro atoms. The van der Waals surface area contributed by atoms with Crippen molar-refractivity contribution in [2.45, 2.75) is 66.2 Å². The molecule has 0 bridgehead atoms. The number of nitriles is 2. The molecule has 16 heteroatoms. The van der Waals surface area contributed by atoms with Crippen molar-refractivity contribution in [2.24, 2.45) is 10.8 Å². The molecule has 0 radical (unpaired) electrons. The van der Waals surface area contributed by atoms with Crippen LogP contribution in [0.1, 0.15) is 98.1 Å². The summed E-state index contributed by atoms with van der Waals surface area (Å²) in [5.41, 5.74) is 1.82. The first-order valence-corrected chi connectivity index (χ1v) is 20.6. The van der Waals surface area contributed by atoms with Crippen LogP contribution >= 0.6 is 0 Å². The van der Waals surface area contributed by atoms with Crippen LogP contribution in [-0.2, 0) is 0 Å². The molecule has 2 aliphatic rings. The number of nitrogens with zero attached hydrogens (tertiary/aromatic N) is 10. The lowest BCUT2D eigenvalue weighted by Crippen LogP contribution is -2.44. The number of aromatic nitrogens is 6. The highest BCUT2D eigenvalue weighted by Gasteiger charge is 2.44. The molecule has 12 nitrogen and oxygen atoms in total. The number of carbonyl (C=O) groups is 2. The maximum Gasteiger partial charge on any atom is 0.256 e. The van der Waals surface area contributed by atoms with Gasteiger partial charge in [-0.05, 0) is 85.3 Å². The van der Waals surface area contributed by atoms with Gasteiger partial charge in [0.1, 0.15) is 47.3 Å². The fourth-order valence-corrected chi connectivity index (χ4v) is 8.57. The quantitative estimate of drug-likeness (QED) is 0.134. The number of rotatable bonds is 8. The summed E-state index contributed by atoms with van der Waals surface area (Å²) in [7, 11) is 0. The molecule has 0 saturated carbocycles. The first-order chi connectivity index (χ1) is 30.9. The molecule has 0 N–H and O–H groups in total. The Morgan fingerprint density at radius 3 is 1.27 bits per heavy atom. The van der Waals surface area contributed by atoms with E-state index >= 15 is 0 Å². The molecule has 0 unspecified atom stereocenters. The number of hydrogen-bond acceptors (Lipinski definition) is 10. The van der Waals surface area contributed by atoms with Gasteiger partial charge in [-0.2, -0.15) is 10.5 Å². The second-order valence-electron chi connectivity index (χ2n) is 15.9. The van der Waals surface area contributed by atoms with Crippen molar-refractivity contribution in [2.75, 3.05) is 26.2 Å².